The summed E-state index contributed by atoms with van der Waals surface area (Å²) < 4.78 is 9.90. The minimum Gasteiger partial charge on any atom is -0.507 e. The Morgan fingerprint density at radius 2 is 1.05 bits per heavy atom. The molecular formula is C37H58O6S. The van der Waals surface area contributed by atoms with E-state index in [0.717, 1.165) is 34.2 Å². The Kier molecular flexibility index (Phi) is 14.4. The monoisotopic (exact) mass is 630 g/mol. The molecule has 0 heterocycles. The second-order valence-corrected chi connectivity index (χ2v) is 16.6. The van der Waals surface area contributed by atoms with Crippen LogP contribution in [0.1, 0.15) is 123 Å². The van der Waals surface area contributed by atoms with Crippen molar-refractivity contribution in [3.8, 4) is 11.5 Å². The summed E-state index contributed by atoms with van der Waals surface area (Å²) in [5.74, 6) is 1.83. The van der Waals surface area contributed by atoms with Crippen molar-refractivity contribution in [3.05, 3.63) is 57.6 Å². The summed E-state index contributed by atoms with van der Waals surface area (Å²) in [6.45, 7) is 28.4. The molecule has 0 unspecified atom stereocenters. The fourth-order valence-corrected chi connectivity index (χ4v) is 5.29. The fraction of sp³-hybridized carbons (Fsp3) is 0.622. The minimum atomic E-state index is -0.287. The number of esters is 1. The number of ether oxygens (including phenoxy) is 2. The molecule has 0 bridgehead atoms. The van der Waals surface area contributed by atoms with Crippen molar-refractivity contribution in [2.75, 3.05) is 24.7 Å². The Bertz CT molecular complexity index is 1170. The molecule has 0 radical (unpaired) electrons. The number of hydrogen-bond acceptors (Lipinski definition) is 7. The van der Waals surface area contributed by atoms with Crippen LogP contribution in [0.3, 0.4) is 0 Å². The van der Waals surface area contributed by atoms with Gasteiger partial charge in [0.25, 0.3) is 6.47 Å². The average molecular weight is 631 g/mol. The van der Waals surface area contributed by atoms with Gasteiger partial charge in [-0.15, -0.1) is 0 Å². The fourth-order valence-electron chi connectivity index (χ4n) is 4.67. The van der Waals surface area contributed by atoms with Crippen molar-refractivity contribution in [2.24, 2.45) is 0 Å². The lowest BCUT2D eigenvalue weighted by Gasteiger charge is -2.28. The summed E-state index contributed by atoms with van der Waals surface area (Å²) in [4.78, 5) is 22.2. The van der Waals surface area contributed by atoms with Gasteiger partial charge in [0.2, 0.25) is 0 Å². The molecule has 248 valence electrons. The molecule has 0 aromatic heterocycles. The molecule has 0 aliphatic carbocycles. The molecule has 2 N–H and O–H groups in total. The van der Waals surface area contributed by atoms with E-state index in [4.69, 9.17) is 4.74 Å². The second kappa shape index (κ2) is 16.1. The van der Waals surface area contributed by atoms with Gasteiger partial charge in [-0.3, -0.25) is 9.59 Å². The van der Waals surface area contributed by atoms with Crippen molar-refractivity contribution in [3.63, 3.8) is 0 Å². The first-order chi connectivity index (χ1) is 20.0. The second-order valence-electron chi connectivity index (χ2n) is 15.4. The molecule has 7 heteroatoms. The van der Waals surface area contributed by atoms with Crippen molar-refractivity contribution < 1.29 is 29.3 Å². The predicted octanol–water partition coefficient (Wildman–Crippen LogP) is 8.53. The number of aromatic hydroxyl groups is 2. The summed E-state index contributed by atoms with van der Waals surface area (Å²) >= 11 is 1.56. The Balaban J connectivity index is 0.000000488. The molecular weight excluding hydrogens is 572 g/mol. The van der Waals surface area contributed by atoms with Crippen LogP contribution in [0.15, 0.2) is 24.3 Å². The lowest BCUT2D eigenvalue weighted by Crippen LogP contribution is -2.19. The molecule has 6 nitrogen and oxygen atoms in total. The Labute approximate surface area is 271 Å². The maximum absolute atomic E-state index is 12.2. The largest absolute Gasteiger partial charge is 0.507 e. The number of aryl methyl sites for hydroxylation is 1. The predicted molar refractivity (Wildman–Crippen MR) is 184 cm³/mol. The van der Waals surface area contributed by atoms with Crippen LogP contribution in [0.5, 0.6) is 11.5 Å². The van der Waals surface area contributed by atoms with E-state index in [1.165, 1.54) is 5.56 Å². The van der Waals surface area contributed by atoms with Crippen LogP contribution >= 0.6 is 11.8 Å². The Hall–Kier alpha value is -2.67. The van der Waals surface area contributed by atoms with Gasteiger partial charge in [-0.2, -0.15) is 11.8 Å². The van der Waals surface area contributed by atoms with Crippen molar-refractivity contribution >= 4 is 24.2 Å². The van der Waals surface area contributed by atoms with Gasteiger partial charge in [0.1, 0.15) is 24.7 Å². The average Bonchev–Trinajstić information content (AvgIpc) is 2.87. The number of rotatable bonds is 10. The standard InChI is InChI=1S/C21H32O5S.C16H26O/c1-20(2,3)16-11-15(12-17(19(16)24)21(4,5)6)13-18(23)26-8-10-27-9-7-25-14-22;1-8-11-9-12(15(2,3)4)14(17)13(10-11)16(5,6)7/h11-12,14,24H,7-10,13H2,1-6H3;9-10,17H,8H2,1-7H3. The van der Waals surface area contributed by atoms with Gasteiger partial charge in [-0.25, -0.2) is 0 Å². The normalized spacial score (nSPS) is 12.3. The highest BCUT2D eigenvalue weighted by Gasteiger charge is 2.28. The summed E-state index contributed by atoms with van der Waals surface area (Å²) in [6, 6.07) is 8.09. The van der Waals surface area contributed by atoms with Crippen LogP contribution < -0.4 is 0 Å². The number of carbonyl (C=O) groups is 2. The molecule has 0 spiro atoms. The molecule has 44 heavy (non-hydrogen) atoms. The first kappa shape index (κ1) is 39.4. The number of phenols is 2. The van der Waals surface area contributed by atoms with Crippen molar-refractivity contribution in [1.82, 2.24) is 0 Å². The van der Waals surface area contributed by atoms with E-state index in [0.29, 0.717) is 42.7 Å². The molecule has 2 rings (SSSR count). The lowest BCUT2D eigenvalue weighted by molar-refractivity contribution is -0.142. The third-order valence-electron chi connectivity index (χ3n) is 7.23. The van der Waals surface area contributed by atoms with E-state index in [1.54, 1.807) is 11.8 Å². The molecule has 0 aliphatic heterocycles. The highest BCUT2D eigenvalue weighted by Crippen LogP contribution is 2.41. The summed E-state index contributed by atoms with van der Waals surface area (Å²) in [6.07, 6.45) is 1.18. The first-order valence-electron chi connectivity index (χ1n) is 15.6. The van der Waals surface area contributed by atoms with E-state index in [-0.39, 0.29) is 34.1 Å². The number of benzene rings is 2. The highest BCUT2D eigenvalue weighted by atomic mass is 32.2. The zero-order valence-corrected chi connectivity index (χ0v) is 30.4. The third kappa shape index (κ3) is 12.4. The zero-order valence-electron chi connectivity index (χ0n) is 29.6. The number of carbonyl (C=O) groups excluding carboxylic acids is 2. The zero-order chi connectivity index (χ0) is 34.1. The molecule has 0 fully saturated rings. The maximum Gasteiger partial charge on any atom is 0.310 e. The quantitative estimate of drug-likeness (QED) is 0.154. The van der Waals surface area contributed by atoms with Crippen LogP contribution in [-0.2, 0) is 53.6 Å². The van der Waals surface area contributed by atoms with Gasteiger partial charge in [-0.05, 0) is 61.5 Å². The molecule has 0 saturated carbocycles. The van der Waals surface area contributed by atoms with Crippen molar-refractivity contribution in [2.45, 2.75) is 125 Å². The number of hydrogen-bond donors (Lipinski definition) is 2. The van der Waals surface area contributed by atoms with Gasteiger partial charge in [-0.1, -0.05) is 114 Å². The SMILES string of the molecule is CC(C)(C)c1cc(CC(=O)OCCSCCOC=O)cc(C(C)(C)C)c1O.CCc1cc(C(C)(C)C)c(O)c(C(C)(C)C)c1. The van der Waals surface area contributed by atoms with Crippen LogP contribution in [-0.4, -0.2) is 47.4 Å². The first-order valence-corrected chi connectivity index (χ1v) is 16.7. The number of phenolic OH excluding ortho intramolecular Hbond substituents is 2. The van der Waals surface area contributed by atoms with Gasteiger partial charge >= 0.3 is 5.97 Å². The molecule has 2 aromatic rings. The van der Waals surface area contributed by atoms with Crippen LogP contribution in [0.2, 0.25) is 0 Å². The smallest absolute Gasteiger partial charge is 0.310 e. The highest BCUT2D eigenvalue weighted by molar-refractivity contribution is 7.99. The Morgan fingerprint density at radius 1 is 0.682 bits per heavy atom. The lowest BCUT2D eigenvalue weighted by atomic mass is 9.78. The van der Waals surface area contributed by atoms with Gasteiger partial charge in [0.05, 0.1) is 6.42 Å². The van der Waals surface area contributed by atoms with Crippen LogP contribution in [0.25, 0.3) is 0 Å². The maximum atomic E-state index is 12.2. The van der Waals surface area contributed by atoms with E-state index >= 15 is 0 Å². The van der Waals surface area contributed by atoms with Crippen molar-refractivity contribution in [1.29, 1.82) is 0 Å². The van der Waals surface area contributed by atoms with E-state index in [2.05, 4.69) is 65.3 Å². The molecule has 0 saturated heterocycles. The van der Waals surface area contributed by atoms with E-state index in [9.17, 15) is 19.8 Å². The summed E-state index contributed by atoms with van der Waals surface area (Å²) in [5, 5.41) is 21.2. The molecule has 0 aliphatic rings. The summed E-state index contributed by atoms with van der Waals surface area (Å²) in [5.41, 5.74) is 5.44. The van der Waals surface area contributed by atoms with Gasteiger partial charge in [0, 0.05) is 11.5 Å². The third-order valence-corrected chi connectivity index (χ3v) is 8.14. The van der Waals surface area contributed by atoms with Crippen LogP contribution in [0, 0.1) is 0 Å². The van der Waals surface area contributed by atoms with E-state index < -0.39 is 0 Å². The molecule has 0 amide bonds. The van der Waals surface area contributed by atoms with E-state index in [1.807, 2.05) is 53.7 Å². The molecule has 0 atom stereocenters. The topological polar surface area (TPSA) is 93.1 Å². The Morgan fingerprint density at radius 3 is 1.39 bits per heavy atom. The minimum absolute atomic E-state index is 0.0186. The van der Waals surface area contributed by atoms with Gasteiger partial charge < -0.3 is 19.7 Å². The van der Waals surface area contributed by atoms with Crippen LogP contribution in [0.4, 0.5) is 0 Å². The van der Waals surface area contributed by atoms with Gasteiger partial charge in [0.15, 0.2) is 0 Å². The molecule has 2 aromatic carbocycles. The number of thioether (sulfide) groups is 1. The summed E-state index contributed by atoms with van der Waals surface area (Å²) in [7, 11) is 0.